The van der Waals surface area contributed by atoms with Crippen LogP contribution < -0.4 is 10.2 Å². The van der Waals surface area contributed by atoms with Crippen molar-refractivity contribution >= 4 is 5.69 Å². The molecule has 1 unspecified atom stereocenters. The Kier molecular flexibility index (Phi) is 5.86. The third-order valence-corrected chi connectivity index (χ3v) is 4.37. The summed E-state index contributed by atoms with van der Waals surface area (Å²) in [6.07, 6.45) is 3.51. The summed E-state index contributed by atoms with van der Waals surface area (Å²) in [5, 5.41) is 3.35. The first-order valence-electron chi connectivity index (χ1n) is 7.80. The zero-order valence-corrected chi connectivity index (χ0v) is 13.1. The van der Waals surface area contributed by atoms with Gasteiger partial charge in [0, 0.05) is 38.5 Å². The molecule has 1 heterocycles. The summed E-state index contributed by atoms with van der Waals surface area (Å²) in [5.41, 5.74) is 2.68. The number of benzene rings is 1. The van der Waals surface area contributed by atoms with Crippen molar-refractivity contribution in [3.8, 4) is 0 Å². The first-order chi connectivity index (χ1) is 9.74. The van der Waals surface area contributed by atoms with Gasteiger partial charge in [-0.05, 0) is 49.9 Å². The van der Waals surface area contributed by atoms with Crippen molar-refractivity contribution in [2.75, 3.05) is 38.8 Å². The van der Waals surface area contributed by atoms with Crippen LogP contribution in [0.1, 0.15) is 37.8 Å². The number of hydrogen-bond donors (Lipinski definition) is 1. The van der Waals surface area contributed by atoms with Gasteiger partial charge in [0.2, 0.25) is 0 Å². The Morgan fingerprint density at radius 1 is 1.25 bits per heavy atom. The summed E-state index contributed by atoms with van der Waals surface area (Å²) in [7, 11) is 4.22. The molecule has 1 aromatic rings. The molecular formula is C17H28N2O. The summed E-state index contributed by atoms with van der Waals surface area (Å²) < 4.78 is 5.43. The zero-order valence-electron chi connectivity index (χ0n) is 13.1. The standard InChI is InChI=1S/C17H28N2O/c1-4-17(18-2)15-5-7-16(8-6-15)19(3)13-14-9-11-20-12-10-14/h5-8,14,17-18H,4,9-13H2,1-3H3. The lowest BCUT2D eigenvalue weighted by Gasteiger charge is -2.28. The van der Waals surface area contributed by atoms with Gasteiger partial charge in [0.25, 0.3) is 0 Å². The second kappa shape index (κ2) is 7.65. The van der Waals surface area contributed by atoms with Crippen LogP contribution >= 0.6 is 0 Å². The smallest absolute Gasteiger partial charge is 0.0469 e. The van der Waals surface area contributed by atoms with Crippen molar-refractivity contribution in [1.82, 2.24) is 5.32 Å². The second-order valence-corrected chi connectivity index (χ2v) is 5.78. The largest absolute Gasteiger partial charge is 0.381 e. The van der Waals surface area contributed by atoms with E-state index in [1.807, 2.05) is 7.05 Å². The number of anilines is 1. The number of hydrogen-bond acceptors (Lipinski definition) is 3. The van der Waals surface area contributed by atoms with Crippen molar-refractivity contribution in [3.63, 3.8) is 0 Å². The lowest BCUT2D eigenvalue weighted by Crippen LogP contribution is -2.29. The van der Waals surface area contributed by atoms with Crippen LogP contribution in [-0.4, -0.2) is 33.9 Å². The molecule has 20 heavy (non-hydrogen) atoms. The summed E-state index contributed by atoms with van der Waals surface area (Å²) in [5.74, 6) is 0.772. The highest BCUT2D eigenvalue weighted by atomic mass is 16.5. The van der Waals surface area contributed by atoms with Crippen LogP contribution in [0.2, 0.25) is 0 Å². The molecule has 0 aromatic heterocycles. The van der Waals surface area contributed by atoms with E-state index in [0.29, 0.717) is 6.04 Å². The SMILES string of the molecule is CCC(NC)c1ccc(N(C)CC2CCOCC2)cc1. The molecule has 1 atom stereocenters. The fraction of sp³-hybridized carbons (Fsp3) is 0.647. The van der Waals surface area contributed by atoms with Gasteiger partial charge in [-0.3, -0.25) is 0 Å². The molecule has 0 spiro atoms. The topological polar surface area (TPSA) is 24.5 Å². The summed E-state index contributed by atoms with van der Waals surface area (Å²) in [6.45, 7) is 5.20. The molecule has 112 valence electrons. The van der Waals surface area contributed by atoms with Gasteiger partial charge in [-0.1, -0.05) is 19.1 Å². The Labute approximate surface area is 123 Å². The molecule has 1 aliphatic heterocycles. The first-order valence-corrected chi connectivity index (χ1v) is 7.80. The molecule has 0 saturated carbocycles. The van der Waals surface area contributed by atoms with Gasteiger partial charge in [0.1, 0.15) is 0 Å². The Balaban J connectivity index is 1.94. The molecule has 0 bridgehead atoms. The molecule has 3 nitrogen and oxygen atoms in total. The summed E-state index contributed by atoms with van der Waals surface area (Å²) >= 11 is 0. The van der Waals surface area contributed by atoms with Crippen LogP contribution in [0.4, 0.5) is 5.69 Å². The Morgan fingerprint density at radius 3 is 2.45 bits per heavy atom. The van der Waals surface area contributed by atoms with Crippen molar-refractivity contribution in [3.05, 3.63) is 29.8 Å². The van der Waals surface area contributed by atoms with Gasteiger partial charge >= 0.3 is 0 Å². The number of nitrogens with one attached hydrogen (secondary N) is 1. The molecule has 1 N–H and O–H groups in total. The molecule has 2 rings (SSSR count). The zero-order chi connectivity index (χ0) is 14.4. The predicted molar refractivity (Wildman–Crippen MR) is 85.3 cm³/mol. The monoisotopic (exact) mass is 276 g/mol. The maximum atomic E-state index is 5.43. The molecule has 1 aromatic carbocycles. The van der Waals surface area contributed by atoms with E-state index >= 15 is 0 Å². The second-order valence-electron chi connectivity index (χ2n) is 5.78. The lowest BCUT2D eigenvalue weighted by molar-refractivity contribution is 0.0685. The maximum absolute atomic E-state index is 5.43. The van der Waals surface area contributed by atoms with Crippen LogP contribution in [0.15, 0.2) is 24.3 Å². The normalized spacial score (nSPS) is 17.9. The Hall–Kier alpha value is -1.06. The highest BCUT2D eigenvalue weighted by Gasteiger charge is 2.16. The van der Waals surface area contributed by atoms with Crippen LogP contribution in [0.3, 0.4) is 0 Å². The molecule has 1 fully saturated rings. The quantitative estimate of drug-likeness (QED) is 0.863. The van der Waals surface area contributed by atoms with Gasteiger partial charge in [0.15, 0.2) is 0 Å². The Bertz CT molecular complexity index is 380. The fourth-order valence-corrected chi connectivity index (χ4v) is 2.99. The van der Waals surface area contributed by atoms with Gasteiger partial charge in [-0.15, -0.1) is 0 Å². The highest BCUT2D eigenvalue weighted by Crippen LogP contribution is 2.23. The molecule has 0 aliphatic carbocycles. The lowest BCUT2D eigenvalue weighted by atomic mass is 9.99. The predicted octanol–water partition coefficient (Wildman–Crippen LogP) is 3.22. The van der Waals surface area contributed by atoms with Crippen molar-refractivity contribution < 1.29 is 4.74 Å². The van der Waals surface area contributed by atoms with E-state index in [0.717, 1.165) is 32.1 Å². The average Bonchev–Trinajstić information content (AvgIpc) is 2.50. The van der Waals surface area contributed by atoms with Crippen LogP contribution in [0.5, 0.6) is 0 Å². The van der Waals surface area contributed by atoms with Gasteiger partial charge in [-0.2, -0.15) is 0 Å². The van der Waals surface area contributed by atoms with Crippen molar-refractivity contribution in [2.45, 2.75) is 32.2 Å². The summed E-state index contributed by atoms with van der Waals surface area (Å²) in [6, 6.07) is 9.45. The third-order valence-electron chi connectivity index (χ3n) is 4.37. The van der Waals surface area contributed by atoms with E-state index in [4.69, 9.17) is 4.74 Å². The third kappa shape index (κ3) is 3.97. The molecule has 1 saturated heterocycles. The number of rotatable bonds is 6. The minimum absolute atomic E-state index is 0.463. The first kappa shape index (κ1) is 15.3. The highest BCUT2D eigenvalue weighted by molar-refractivity contribution is 5.47. The van der Waals surface area contributed by atoms with Gasteiger partial charge in [-0.25, -0.2) is 0 Å². The average molecular weight is 276 g/mol. The van der Waals surface area contributed by atoms with E-state index < -0.39 is 0 Å². The van der Waals surface area contributed by atoms with Crippen LogP contribution in [0, 0.1) is 5.92 Å². The molecule has 0 radical (unpaired) electrons. The van der Waals surface area contributed by atoms with Crippen LogP contribution in [0.25, 0.3) is 0 Å². The van der Waals surface area contributed by atoms with Crippen LogP contribution in [-0.2, 0) is 4.74 Å². The van der Waals surface area contributed by atoms with E-state index in [2.05, 4.69) is 48.5 Å². The van der Waals surface area contributed by atoms with E-state index in [9.17, 15) is 0 Å². The van der Waals surface area contributed by atoms with Crippen molar-refractivity contribution in [1.29, 1.82) is 0 Å². The van der Waals surface area contributed by atoms with E-state index in [-0.39, 0.29) is 0 Å². The summed E-state index contributed by atoms with van der Waals surface area (Å²) in [4.78, 5) is 2.38. The fourth-order valence-electron chi connectivity index (χ4n) is 2.99. The number of nitrogens with zero attached hydrogens (tertiary/aromatic N) is 1. The Morgan fingerprint density at radius 2 is 1.90 bits per heavy atom. The number of ether oxygens (including phenoxy) is 1. The van der Waals surface area contributed by atoms with E-state index in [1.54, 1.807) is 0 Å². The molecule has 1 aliphatic rings. The minimum Gasteiger partial charge on any atom is -0.381 e. The van der Waals surface area contributed by atoms with Crippen molar-refractivity contribution in [2.24, 2.45) is 5.92 Å². The maximum Gasteiger partial charge on any atom is 0.0469 e. The minimum atomic E-state index is 0.463. The molecule has 3 heteroatoms. The van der Waals surface area contributed by atoms with Gasteiger partial charge < -0.3 is 15.0 Å². The molecule has 0 amide bonds. The van der Waals surface area contributed by atoms with Gasteiger partial charge in [0.05, 0.1) is 0 Å². The molecular weight excluding hydrogens is 248 g/mol. The van der Waals surface area contributed by atoms with E-state index in [1.165, 1.54) is 24.1 Å².